The normalized spacial score (nSPS) is 11.8. The van der Waals surface area contributed by atoms with Crippen LogP contribution in [0.15, 0.2) is 12.2 Å². The van der Waals surface area contributed by atoms with Crippen molar-refractivity contribution >= 4 is 5.97 Å². The first-order valence-electron chi connectivity index (χ1n) is 5.17. The Morgan fingerprint density at radius 2 is 2.20 bits per heavy atom. The second kappa shape index (κ2) is 8.44. The van der Waals surface area contributed by atoms with Gasteiger partial charge in [0.05, 0.1) is 6.61 Å². The summed E-state index contributed by atoms with van der Waals surface area (Å²) in [5, 5.41) is 8.45. The summed E-state index contributed by atoms with van der Waals surface area (Å²) in [6, 6.07) is 0. The molecule has 0 rings (SSSR count). The standard InChI is InChI=1S/C11H21NO3/c1-10(2)9-12(7-8-15-3)6-4-5-11(13)14/h4-5,10H,6-9H2,1-3H3,(H,13,14). The highest BCUT2D eigenvalue weighted by Crippen LogP contribution is 1.98. The molecule has 0 spiro atoms. The summed E-state index contributed by atoms with van der Waals surface area (Å²) in [5.41, 5.74) is 0. The zero-order chi connectivity index (χ0) is 11.7. The van der Waals surface area contributed by atoms with Crippen molar-refractivity contribution in [3.8, 4) is 0 Å². The third-order valence-corrected chi connectivity index (χ3v) is 1.86. The second-order valence-corrected chi connectivity index (χ2v) is 3.89. The molecule has 0 unspecified atom stereocenters. The smallest absolute Gasteiger partial charge is 0.328 e. The first-order valence-corrected chi connectivity index (χ1v) is 5.17. The maximum absolute atomic E-state index is 10.3. The lowest BCUT2D eigenvalue weighted by molar-refractivity contribution is -0.131. The molecule has 0 aromatic rings. The molecule has 0 aromatic carbocycles. The summed E-state index contributed by atoms with van der Waals surface area (Å²) in [4.78, 5) is 12.5. The molecule has 0 saturated carbocycles. The number of methoxy groups -OCH3 is 1. The van der Waals surface area contributed by atoms with Crippen molar-refractivity contribution in [3.63, 3.8) is 0 Å². The number of carboxylic acids is 1. The van der Waals surface area contributed by atoms with Gasteiger partial charge in [0.1, 0.15) is 0 Å². The van der Waals surface area contributed by atoms with Gasteiger partial charge in [-0.1, -0.05) is 19.9 Å². The van der Waals surface area contributed by atoms with Crippen LogP contribution in [0.3, 0.4) is 0 Å². The van der Waals surface area contributed by atoms with E-state index in [9.17, 15) is 4.79 Å². The molecule has 0 aliphatic carbocycles. The largest absolute Gasteiger partial charge is 0.478 e. The Hall–Kier alpha value is -0.870. The molecule has 88 valence electrons. The minimum Gasteiger partial charge on any atom is -0.478 e. The van der Waals surface area contributed by atoms with E-state index in [0.717, 1.165) is 13.1 Å². The number of hydrogen-bond donors (Lipinski definition) is 1. The van der Waals surface area contributed by atoms with Gasteiger partial charge in [0.2, 0.25) is 0 Å². The molecule has 4 nitrogen and oxygen atoms in total. The Bertz CT molecular complexity index is 202. The fourth-order valence-corrected chi connectivity index (χ4v) is 1.30. The molecule has 0 radical (unpaired) electrons. The summed E-state index contributed by atoms with van der Waals surface area (Å²) in [6.07, 6.45) is 2.85. The molecule has 1 N–H and O–H groups in total. The Kier molecular flexibility index (Phi) is 7.95. The minimum absolute atomic E-state index is 0.570. The molecule has 0 heterocycles. The average Bonchev–Trinajstić information content (AvgIpc) is 2.12. The monoisotopic (exact) mass is 215 g/mol. The van der Waals surface area contributed by atoms with Gasteiger partial charge in [0.25, 0.3) is 0 Å². The molecule has 0 saturated heterocycles. The molecule has 0 aromatic heterocycles. The fraction of sp³-hybridized carbons (Fsp3) is 0.727. The Balaban J connectivity index is 3.94. The first kappa shape index (κ1) is 14.1. The Morgan fingerprint density at radius 1 is 1.53 bits per heavy atom. The van der Waals surface area contributed by atoms with E-state index >= 15 is 0 Å². The predicted molar refractivity (Wildman–Crippen MR) is 59.9 cm³/mol. The van der Waals surface area contributed by atoms with Gasteiger partial charge in [-0.25, -0.2) is 4.79 Å². The van der Waals surface area contributed by atoms with Gasteiger partial charge in [0, 0.05) is 32.8 Å². The third kappa shape index (κ3) is 9.43. The Labute approximate surface area is 91.5 Å². The first-order chi connectivity index (χ1) is 7.06. The molecular weight excluding hydrogens is 194 g/mol. The van der Waals surface area contributed by atoms with Gasteiger partial charge < -0.3 is 9.84 Å². The molecule has 0 atom stereocenters. The highest BCUT2D eigenvalue weighted by Gasteiger charge is 2.05. The summed E-state index contributed by atoms with van der Waals surface area (Å²) >= 11 is 0. The predicted octanol–water partition coefficient (Wildman–Crippen LogP) is 1.23. The van der Waals surface area contributed by atoms with Gasteiger partial charge in [-0.15, -0.1) is 0 Å². The van der Waals surface area contributed by atoms with E-state index < -0.39 is 5.97 Å². The van der Waals surface area contributed by atoms with Crippen LogP contribution >= 0.6 is 0 Å². The van der Waals surface area contributed by atoms with Gasteiger partial charge >= 0.3 is 5.97 Å². The van der Waals surface area contributed by atoms with Crippen LogP contribution in [0.2, 0.25) is 0 Å². The topological polar surface area (TPSA) is 49.8 Å². The van der Waals surface area contributed by atoms with E-state index in [1.165, 1.54) is 6.08 Å². The van der Waals surface area contributed by atoms with Crippen LogP contribution in [0.4, 0.5) is 0 Å². The van der Waals surface area contributed by atoms with Gasteiger partial charge in [-0.2, -0.15) is 0 Å². The van der Waals surface area contributed by atoms with E-state index in [4.69, 9.17) is 9.84 Å². The molecule has 15 heavy (non-hydrogen) atoms. The highest BCUT2D eigenvalue weighted by molar-refractivity contribution is 5.79. The number of hydrogen-bond acceptors (Lipinski definition) is 3. The van der Waals surface area contributed by atoms with Crippen molar-refractivity contribution in [2.45, 2.75) is 13.8 Å². The number of nitrogens with zero attached hydrogens (tertiary/aromatic N) is 1. The van der Waals surface area contributed by atoms with E-state index in [1.807, 2.05) is 0 Å². The summed E-state index contributed by atoms with van der Waals surface area (Å²) in [6.45, 7) is 7.40. The van der Waals surface area contributed by atoms with Crippen LogP contribution in [0.25, 0.3) is 0 Å². The lowest BCUT2D eigenvalue weighted by Crippen LogP contribution is -2.31. The molecular formula is C11H21NO3. The number of aliphatic carboxylic acids is 1. The van der Waals surface area contributed by atoms with E-state index in [2.05, 4.69) is 18.7 Å². The van der Waals surface area contributed by atoms with Crippen LogP contribution in [0.1, 0.15) is 13.8 Å². The summed E-state index contributed by atoms with van der Waals surface area (Å²) < 4.78 is 5.00. The van der Waals surface area contributed by atoms with E-state index in [-0.39, 0.29) is 0 Å². The van der Waals surface area contributed by atoms with Crippen LogP contribution in [-0.4, -0.2) is 49.3 Å². The van der Waals surface area contributed by atoms with Crippen molar-refractivity contribution < 1.29 is 14.6 Å². The Morgan fingerprint density at radius 3 is 2.67 bits per heavy atom. The number of carboxylic acid groups (broad SMARTS) is 1. The van der Waals surface area contributed by atoms with Crippen molar-refractivity contribution in [3.05, 3.63) is 12.2 Å². The van der Waals surface area contributed by atoms with Crippen LogP contribution in [-0.2, 0) is 9.53 Å². The molecule has 0 aliphatic heterocycles. The zero-order valence-corrected chi connectivity index (χ0v) is 9.77. The SMILES string of the molecule is COCCN(CC=CC(=O)O)CC(C)C. The number of carbonyl (C=O) groups is 1. The average molecular weight is 215 g/mol. The lowest BCUT2D eigenvalue weighted by Gasteiger charge is -2.22. The van der Waals surface area contributed by atoms with Gasteiger partial charge in [-0.3, -0.25) is 4.90 Å². The van der Waals surface area contributed by atoms with Crippen LogP contribution < -0.4 is 0 Å². The second-order valence-electron chi connectivity index (χ2n) is 3.89. The zero-order valence-electron chi connectivity index (χ0n) is 9.77. The molecule has 0 fully saturated rings. The number of rotatable bonds is 8. The molecule has 0 bridgehead atoms. The van der Waals surface area contributed by atoms with Crippen molar-refractivity contribution in [2.24, 2.45) is 5.92 Å². The van der Waals surface area contributed by atoms with E-state index in [0.29, 0.717) is 19.1 Å². The van der Waals surface area contributed by atoms with Gasteiger partial charge in [0.15, 0.2) is 0 Å². The third-order valence-electron chi connectivity index (χ3n) is 1.86. The maximum Gasteiger partial charge on any atom is 0.328 e. The maximum atomic E-state index is 10.3. The van der Waals surface area contributed by atoms with Crippen LogP contribution in [0.5, 0.6) is 0 Å². The molecule has 0 amide bonds. The van der Waals surface area contributed by atoms with E-state index in [1.54, 1.807) is 13.2 Å². The number of ether oxygens (including phenoxy) is 1. The lowest BCUT2D eigenvalue weighted by atomic mass is 10.2. The van der Waals surface area contributed by atoms with Gasteiger partial charge in [-0.05, 0) is 5.92 Å². The summed E-state index contributed by atoms with van der Waals surface area (Å²) in [5.74, 6) is -0.327. The highest BCUT2D eigenvalue weighted by atomic mass is 16.5. The van der Waals surface area contributed by atoms with Crippen molar-refractivity contribution in [1.29, 1.82) is 0 Å². The van der Waals surface area contributed by atoms with Crippen LogP contribution in [0, 0.1) is 5.92 Å². The quantitative estimate of drug-likeness (QED) is 0.619. The molecule has 0 aliphatic rings. The summed E-state index contributed by atoms with van der Waals surface area (Å²) in [7, 11) is 1.67. The fourth-order valence-electron chi connectivity index (χ4n) is 1.30. The van der Waals surface area contributed by atoms with Crippen molar-refractivity contribution in [1.82, 2.24) is 4.90 Å². The minimum atomic E-state index is -0.897. The van der Waals surface area contributed by atoms with Crippen molar-refractivity contribution in [2.75, 3.05) is 33.4 Å². The molecule has 4 heteroatoms.